The Morgan fingerprint density at radius 2 is 0.882 bits per heavy atom. The third kappa shape index (κ3) is 3.84. The summed E-state index contributed by atoms with van der Waals surface area (Å²) in [5.41, 5.74) is 11.2. The van der Waals surface area contributed by atoms with Crippen LogP contribution in [0.2, 0.25) is 0 Å². The monoisotopic (exact) mass is 438 g/mol. The van der Waals surface area contributed by atoms with Crippen LogP contribution in [0.3, 0.4) is 0 Å². The fraction of sp³-hybridized carbons (Fsp3) is 0.176. The van der Waals surface area contributed by atoms with E-state index in [1.165, 1.54) is 65.5 Å². The molecule has 4 aromatic rings. The molecule has 0 radical (unpaired) electrons. The first-order chi connectivity index (χ1) is 16.8. The summed E-state index contributed by atoms with van der Waals surface area (Å²) in [6.45, 7) is 0. The van der Waals surface area contributed by atoms with E-state index in [4.69, 9.17) is 0 Å². The summed E-state index contributed by atoms with van der Waals surface area (Å²) in [5, 5.41) is 0. The van der Waals surface area contributed by atoms with Crippen LogP contribution < -0.4 is 0 Å². The van der Waals surface area contributed by atoms with Crippen LogP contribution in [0.15, 0.2) is 97.1 Å². The van der Waals surface area contributed by atoms with Gasteiger partial charge in [-0.1, -0.05) is 141 Å². The summed E-state index contributed by atoms with van der Waals surface area (Å²) in [6, 6.07) is 35.4. The largest absolute Gasteiger partial charge is 0.0622 e. The van der Waals surface area contributed by atoms with Gasteiger partial charge in [0.2, 0.25) is 0 Å². The Kier molecular flexibility index (Phi) is 5.51. The molecule has 0 amide bonds. The summed E-state index contributed by atoms with van der Waals surface area (Å²) < 4.78 is 0. The molecule has 2 aliphatic carbocycles. The van der Waals surface area contributed by atoms with E-state index in [-0.39, 0.29) is 5.41 Å². The van der Waals surface area contributed by atoms with Crippen molar-refractivity contribution in [1.82, 2.24) is 0 Å². The molecule has 4 aromatic carbocycles. The van der Waals surface area contributed by atoms with Gasteiger partial charge in [-0.3, -0.25) is 0 Å². The fourth-order valence-electron chi connectivity index (χ4n) is 5.94. The van der Waals surface area contributed by atoms with Crippen LogP contribution in [0.25, 0.3) is 35.4 Å². The number of rotatable bonds is 4. The molecule has 0 N–H and O–H groups in total. The van der Waals surface area contributed by atoms with Crippen LogP contribution in [0, 0.1) is 0 Å². The third-order valence-corrected chi connectivity index (χ3v) is 7.65. The van der Waals surface area contributed by atoms with Gasteiger partial charge in [-0.25, -0.2) is 0 Å². The molecule has 6 rings (SSSR count). The minimum atomic E-state index is 0.163. The van der Waals surface area contributed by atoms with Gasteiger partial charge in [0.15, 0.2) is 0 Å². The van der Waals surface area contributed by atoms with E-state index in [0.717, 1.165) is 0 Å². The van der Waals surface area contributed by atoms with Gasteiger partial charge in [-0.05, 0) is 57.3 Å². The SMILES string of the molecule is C(=Cc1ccc2c(c1)C1(CCCCC1)c1cc(C=Cc3ccccc3)ccc1-2)c1ccccc1. The van der Waals surface area contributed by atoms with Gasteiger partial charge in [-0.2, -0.15) is 0 Å². The van der Waals surface area contributed by atoms with Crippen molar-refractivity contribution in [3.63, 3.8) is 0 Å². The van der Waals surface area contributed by atoms with E-state index in [1.807, 2.05) is 0 Å². The van der Waals surface area contributed by atoms with E-state index in [2.05, 4.69) is 121 Å². The minimum absolute atomic E-state index is 0.163. The zero-order valence-corrected chi connectivity index (χ0v) is 19.6. The molecule has 0 saturated heterocycles. The van der Waals surface area contributed by atoms with Gasteiger partial charge in [-0.15, -0.1) is 0 Å². The Morgan fingerprint density at radius 3 is 1.35 bits per heavy atom. The molecule has 0 heterocycles. The third-order valence-electron chi connectivity index (χ3n) is 7.65. The molecule has 0 atom stereocenters. The van der Waals surface area contributed by atoms with Crippen molar-refractivity contribution in [3.8, 4) is 11.1 Å². The summed E-state index contributed by atoms with van der Waals surface area (Å²) in [7, 11) is 0. The Balaban J connectivity index is 1.39. The highest BCUT2D eigenvalue weighted by Gasteiger charge is 2.43. The summed E-state index contributed by atoms with van der Waals surface area (Å²) in [4.78, 5) is 0. The van der Waals surface area contributed by atoms with Crippen molar-refractivity contribution >= 4 is 24.3 Å². The highest BCUT2D eigenvalue weighted by Crippen LogP contribution is 2.56. The minimum Gasteiger partial charge on any atom is -0.0622 e. The molecule has 34 heavy (non-hydrogen) atoms. The number of hydrogen-bond acceptors (Lipinski definition) is 0. The second kappa shape index (κ2) is 8.95. The van der Waals surface area contributed by atoms with Crippen molar-refractivity contribution in [2.24, 2.45) is 0 Å². The lowest BCUT2D eigenvalue weighted by molar-refractivity contribution is 0.353. The van der Waals surface area contributed by atoms with E-state index >= 15 is 0 Å². The van der Waals surface area contributed by atoms with Crippen molar-refractivity contribution in [3.05, 3.63) is 130 Å². The lowest BCUT2D eigenvalue weighted by Gasteiger charge is -2.36. The molecule has 0 bridgehead atoms. The van der Waals surface area contributed by atoms with Crippen LogP contribution in [-0.2, 0) is 5.41 Å². The lowest BCUT2D eigenvalue weighted by atomic mass is 9.67. The molecule has 0 aromatic heterocycles. The predicted octanol–water partition coefficient (Wildman–Crippen LogP) is 9.26. The molecular formula is C34H30. The second-order valence-corrected chi connectivity index (χ2v) is 9.74. The van der Waals surface area contributed by atoms with Crippen molar-refractivity contribution in [1.29, 1.82) is 0 Å². The maximum absolute atomic E-state index is 2.47. The summed E-state index contributed by atoms with van der Waals surface area (Å²) >= 11 is 0. The van der Waals surface area contributed by atoms with Crippen molar-refractivity contribution in [2.45, 2.75) is 37.5 Å². The highest BCUT2D eigenvalue weighted by atomic mass is 14.5. The zero-order valence-electron chi connectivity index (χ0n) is 19.6. The molecule has 2 aliphatic rings. The van der Waals surface area contributed by atoms with Crippen LogP contribution >= 0.6 is 0 Å². The van der Waals surface area contributed by atoms with Gasteiger partial charge >= 0.3 is 0 Å². The molecule has 1 fully saturated rings. The maximum Gasteiger partial charge on any atom is 0.0215 e. The average molecular weight is 439 g/mol. The zero-order chi connectivity index (χ0) is 22.8. The first-order valence-electron chi connectivity index (χ1n) is 12.6. The van der Waals surface area contributed by atoms with Gasteiger partial charge in [0.25, 0.3) is 0 Å². The molecule has 0 nitrogen and oxygen atoms in total. The Morgan fingerprint density at radius 1 is 0.441 bits per heavy atom. The first-order valence-corrected chi connectivity index (χ1v) is 12.6. The lowest BCUT2D eigenvalue weighted by Crippen LogP contribution is -2.28. The molecule has 0 heteroatoms. The Labute approximate surface area is 203 Å². The molecule has 1 saturated carbocycles. The normalized spacial score (nSPS) is 16.2. The molecular weight excluding hydrogens is 408 g/mol. The fourth-order valence-corrected chi connectivity index (χ4v) is 5.94. The van der Waals surface area contributed by atoms with E-state index < -0.39 is 0 Å². The van der Waals surface area contributed by atoms with E-state index in [9.17, 15) is 0 Å². The highest BCUT2D eigenvalue weighted by molar-refractivity contribution is 5.85. The molecule has 1 spiro atoms. The van der Waals surface area contributed by atoms with Gasteiger partial charge < -0.3 is 0 Å². The van der Waals surface area contributed by atoms with Gasteiger partial charge in [0.1, 0.15) is 0 Å². The summed E-state index contributed by atoms with van der Waals surface area (Å²) in [6.07, 6.45) is 15.5. The predicted molar refractivity (Wildman–Crippen MR) is 146 cm³/mol. The van der Waals surface area contributed by atoms with Gasteiger partial charge in [0.05, 0.1) is 0 Å². The van der Waals surface area contributed by atoms with Crippen molar-refractivity contribution in [2.75, 3.05) is 0 Å². The number of hydrogen-bond donors (Lipinski definition) is 0. The van der Waals surface area contributed by atoms with Crippen molar-refractivity contribution < 1.29 is 0 Å². The molecule has 0 aliphatic heterocycles. The van der Waals surface area contributed by atoms with Crippen LogP contribution in [0.4, 0.5) is 0 Å². The number of fused-ring (bicyclic) bond motifs is 5. The average Bonchev–Trinajstić information content (AvgIpc) is 3.16. The standard InChI is InChI=1S/C34H30/c1-4-10-26(11-5-1)14-16-28-18-20-30-31-21-19-29(17-15-27-12-6-2-7-13-27)25-33(31)34(32(30)24-28)22-8-3-9-23-34/h1-2,4-7,10-21,24-25H,3,8-9,22-23H2. The number of benzene rings is 4. The van der Waals surface area contributed by atoms with E-state index in [0.29, 0.717) is 0 Å². The van der Waals surface area contributed by atoms with Crippen LogP contribution in [0.1, 0.15) is 65.5 Å². The molecule has 166 valence electrons. The maximum atomic E-state index is 2.47. The second-order valence-electron chi connectivity index (χ2n) is 9.74. The smallest absolute Gasteiger partial charge is 0.0215 e. The topological polar surface area (TPSA) is 0 Å². The van der Waals surface area contributed by atoms with Crippen LogP contribution in [0.5, 0.6) is 0 Å². The Hall–Kier alpha value is -3.64. The Bertz CT molecular complexity index is 1250. The van der Waals surface area contributed by atoms with E-state index in [1.54, 1.807) is 11.1 Å². The first kappa shape index (κ1) is 20.9. The van der Waals surface area contributed by atoms with Crippen LogP contribution in [-0.4, -0.2) is 0 Å². The summed E-state index contributed by atoms with van der Waals surface area (Å²) in [5.74, 6) is 0. The van der Waals surface area contributed by atoms with Gasteiger partial charge in [0, 0.05) is 5.41 Å². The molecule has 0 unspecified atom stereocenters. The quantitative estimate of drug-likeness (QED) is 0.278.